The molecule has 0 unspecified atom stereocenters. The third-order valence-corrected chi connectivity index (χ3v) is 4.54. The highest BCUT2D eigenvalue weighted by atomic mass is 127. The molecule has 0 radical (unpaired) electrons. The summed E-state index contributed by atoms with van der Waals surface area (Å²) in [6.07, 6.45) is 0. The fraction of sp³-hybridized carbons (Fsp3) is 0. The Balaban J connectivity index is 2.41. The van der Waals surface area contributed by atoms with E-state index in [2.05, 4.69) is 38.5 Å². The Morgan fingerprint density at radius 1 is 1.17 bits per heavy atom. The fourth-order valence-corrected chi connectivity index (χ4v) is 2.34. The molecule has 2 aromatic rings. The van der Waals surface area contributed by atoms with Crippen LogP contribution in [0.2, 0.25) is 5.02 Å². The van der Waals surface area contributed by atoms with Crippen LogP contribution in [-0.2, 0) is 0 Å². The van der Waals surface area contributed by atoms with Crippen LogP contribution >= 0.6 is 50.1 Å². The Labute approximate surface area is 131 Å². The highest BCUT2D eigenvalue weighted by Gasteiger charge is 2.12. The van der Waals surface area contributed by atoms with Crippen molar-refractivity contribution in [2.75, 3.05) is 0 Å². The smallest absolute Gasteiger partial charge is 0.193 e. The lowest BCUT2D eigenvalue weighted by atomic mass is 10.0. The lowest BCUT2D eigenvalue weighted by Gasteiger charge is -2.04. The molecule has 0 aliphatic rings. The predicted molar refractivity (Wildman–Crippen MR) is 81.7 cm³/mol. The molecule has 5 heteroatoms. The van der Waals surface area contributed by atoms with Crippen LogP contribution in [0.15, 0.2) is 40.9 Å². The molecule has 0 aromatic heterocycles. The van der Waals surface area contributed by atoms with Gasteiger partial charge in [-0.3, -0.25) is 4.79 Å². The summed E-state index contributed by atoms with van der Waals surface area (Å²) in [5, 5.41) is 0.530. The van der Waals surface area contributed by atoms with Crippen LogP contribution in [0.5, 0.6) is 0 Å². The van der Waals surface area contributed by atoms with Crippen molar-refractivity contribution in [1.82, 2.24) is 0 Å². The number of halogens is 4. The molecule has 2 aromatic carbocycles. The van der Waals surface area contributed by atoms with E-state index in [-0.39, 0.29) is 10.3 Å². The minimum Gasteiger partial charge on any atom is -0.289 e. The number of rotatable bonds is 2. The van der Waals surface area contributed by atoms with Crippen LogP contribution in [0.1, 0.15) is 15.9 Å². The molecule has 0 amide bonds. The minimum absolute atomic E-state index is 0.186. The van der Waals surface area contributed by atoms with Gasteiger partial charge < -0.3 is 0 Å². The third kappa shape index (κ3) is 2.92. The van der Waals surface area contributed by atoms with Gasteiger partial charge in [-0.1, -0.05) is 11.6 Å². The molecular weight excluding hydrogens is 433 g/mol. The van der Waals surface area contributed by atoms with Crippen molar-refractivity contribution in [3.8, 4) is 0 Å². The molecule has 18 heavy (non-hydrogen) atoms. The standard InChI is InChI=1S/C13H6BrClFIO/c14-9-5-7(1-3-11(9)16)13(18)8-2-4-12(17)10(15)6-8/h1-6H. The Hall–Kier alpha value is -0.460. The van der Waals surface area contributed by atoms with E-state index in [4.69, 9.17) is 11.6 Å². The summed E-state index contributed by atoms with van der Waals surface area (Å²) in [6, 6.07) is 9.26. The van der Waals surface area contributed by atoms with Gasteiger partial charge in [0.25, 0.3) is 0 Å². The van der Waals surface area contributed by atoms with Crippen molar-refractivity contribution in [2.24, 2.45) is 0 Å². The first-order chi connectivity index (χ1) is 8.49. The minimum atomic E-state index is -0.396. The van der Waals surface area contributed by atoms with E-state index in [9.17, 15) is 9.18 Å². The largest absolute Gasteiger partial charge is 0.289 e. The number of ketones is 1. The number of benzene rings is 2. The van der Waals surface area contributed by atoms with E-state index in [1.54, 1.807) is 18.2 Å². The van der Waals surface area contributed by atoms with Crippen LogP contribution < -0.4 is 0 Å². The highest BCUT2D eigenvalue weighted by molar-refractivity contribution is 14.1. The summed E-state index contributed by atoms with van der Waals surface area (Å²) in [6.45, 7) is 0. The van der Waals surface area contributed by atoms with E-state index >= 15 is 0 Å². The lowest BCUT2D eigenvalue weighted by Crippen LogP contribution is -2.02. The zero-order valence-corrected chi connectivity index (χ0v) is 13.4. The molecule has 0 saturated heterocycles. The molecule has 0 atom stereocenters. The van der Waals surface area contributed by atoms with Gasteiger partial charge in [-0.15, -0.1) is 0 Å². The van der Waals surface area contributed by atoms with E-state index in [1.807, 2.05) is 0 Å². The first-order valence-electron chi connectivity index (χ1n) is 4.94. The van der Waals surface area contributed by atoms with Gasteiger partial charge in [0, 0.05) is 14.7 Å². The molecule has 92 valence electrons. The second-order valence-corrected chi connectivity index (χ2v) is 6.01. The maximum atomic E-state index is 13.1. The maximum Gasteiger partial charge on any atom is 0.193 e. The molecule has 0 aliphatic heterocycles. The van der Waals surface area contributed by atoms with E-state index in [1.165, 1.54) is 18.2 Å². The summed E-state index contributed by atoms with van der Waals surface area (Å²) < 4.78 is 14.3. The van der Waals surface area contributed by atoms with Gasteiger partial charge in [-0.05, 0) is 74.9 Å². The van der Waals surface area contributed by atoms with Crippen LogP contribution in [-0.4, -0.2) is 5.78 Å². The van der Waals surface area contributed by atoms with E-state index < -0.39 is 5.82 Å². The predicted octanol–water partition coefficient (Wildman–Crippen LogP) is 5.08. The molecule has 0 heterocycles. The van der Waals surface area contributed by atoms with Crippen molar-refractivity contribution in [2.45, 2.75) is 0 Å². The summed E-state index contributed by atoms with van der Waals surface area (Å²) in [4.78, 5) is 12.2. The second-order valence-electron chi connectivity index (χ2n) is 3.59. The van der Waals surface area contributed by atoms with Gasteiger partial charge >= 0.3 is 0 Å². The first-order valence-corrected chi connectivity index (χ1v) is 7.19. The Morgan fingerprint density at radius 3 is 2.39 bits per heavy atom. The summed E-state index contributed by atoms with van der Waals surface area (Å²) in [7, 11) is 0. The van der Waals surface area contributed by atoms with Crippen LogP contribution in [0.25, 0.3) is 0 Å². The van der Waals surface area contributed by atoms with Crippen molar-refractivity contribution in [3.05, 3.63) is 66.4 Å². The molecule has 0 fully saturated rings. The molecule has 0 bridgehead atoms. The van der Waals surface area contributed by atoms with E-state index in [0.717, 1.165) is 3.57 Å². The lowest BCUT2D eigenvalue weighted by molar-refractivity contribution is 0.103. The van der Waals surface area contributed by atoms with Crippen LogP contribution in [0.3, 0.4) is 0 Å². The van der Waals surface area contributed by atoms with E-state index in [0.29, 0.717) is 16.1 Å². The first kappa shape index (κ1) is 14.0. The van der Waals surface area contributed by atoms with Crippen molar-refractivity contribution in [1.29, 1.82) is 0 Å². The highest BCUT2D eigenvalue weighted by Crippen LogP contribution is 2.23. The molecule has 2 rings (SSSR count). The fourth-order valence-electron chi connectivity index (χ4n) is 1.44. The summed E-state index contributed by atoms with van der Waals surface area (Å²) in [5.74, 6) is -0.582. The third-order valence-electron chi connectivity index (χ3n) is 2.36. The molecule has 0 N–H and O–H groups in total. The molecule has 0 saturated carbocycles. The van der Waals surface area contributed by atoms with Crippen molar-refractivity contribution >= 4 is 55.9 Å². The van der Waals surface area contributed by atoms with Gasteiger partial charge in [-0.2, -0.15) is 0 Å². The second kappa shape index (κ2) is 5.67. The van der Waals surface area contributed by atoms with Crippen LogP contribution in [0, 0.1) is 9.39 Å². The Kier molecular flexibility index (Phi) is 4.40. The molecule has 1 nitrogen and oxygen atoms in total. The van der Waals surface area contributed by atoms with Gasteiger partial charge in [0.2, 0.25) is 0 Å². The quantitative estimate of drug-likeness (QED) is 0.471. The van der Waals surface area contributed by atoms with Gasteiger partial charge in [0.05, 0.1) is 9.50 Å². The monoisotopic (exact) mass is 438 g/mol. The topological polar surface area (TPSA) is 17.1 Å². The van der Waals surface area contributed by atoms with Gasteiger partial charge in [0.1, 0.15) is 5.82 Å². The van der Waals surface area contributed by atoms with Crippen molar-refractivity contribution < 1.29 is 9.18 Å². The Bertz CT molecular complexity index is 577. The average Bonchev–Trinajstić information content (AvgIpc) is 2.35. The van der Waals surface area contributed by atoms with Gasteiger partial charge in [0.15, 0.2) is 5.78 Å². The number of carbonyl (C=O) groups is 1. The number of hydrogen-bond donors (Lipinski definition) is 0. The summed E-state index contributed by atoms with van der Waals surface area (Å²) in [5.41, 5.74) is 0.902. The van der Waals surface area contributed by atoms with Crippen LogP contribution in [0.4, 0.5) is 4.39 Å². The maximum absolute atomic E-state index is 13.1. The SMILES string of the molecule is O=C(c1ccc(I)c(Cl)c1)c1ccc(F)c(Br)c1. The molecule has 0 spiro atoms. The number of hydrogen-bond acceptors (Lipinski definition) is 1. The zero-order valence-electron chi connectivity index (χ0n) is 8.88. The average molecular weight is 439 g/mol. The molecular formula is C13H6BrClFIO. The normalized spacial score (nSPS) is 10.4. The van der Waals surface area contributed by atoms with Gasteiger partial charge in [-0.25, -0.2) is 4.39 Å². The van der Waals surface area contributed by atoms with Crippen molar-refractivity contribution in [3.63, 3.8) is 0 Å². The zero-order chi connectivity index (χ0) is 13.3. The summed E-state index contributed by atoms with van der Waals surface area (Å²) >= 11 is 11.1. The Morgan fingerprint density at radius 2 is 1.78 bits per heavy atom. The number of carbonyl (C=O) groups excluding carboxylic acids is 1. The molecule has 0 aliphatic carbocycles.